The van der Waals surface area contributed by atoms with Crippen LogP contribution in [0.25, 0.3) is 0 Å². The lowest BCUT2D eigenvalue weighted by atomic mass is 9.92. The number of aliphatic carboxylic acids is 2. The lowest BCUT2D eigenvalue weighted by molar-refractivity contribution is -0.139. The van der Waals surface area contributed by atoms with Crippen molar-refractivity contribution in [3.05, 3.63) is 24.0 Å². The van der Waals surface area contributed by atoms with E-state index in [4.69, 9.17) is 24.7 Å². The Morgan fingerprint density at radius 3 is 2.33 bits per heavy atom. The minimum Gasteiger partial charge on any atom is -0.478 e. The average Bonchev–Trinajstić information content (AvgIpc) is 2.31. The second kappa shape index (κ2) is 6.37. The van der Waals surface area contributed by atoms with Crippen molar-refractivity contribution in [2.75, 3.05) is 0 Å². The predicted molar refractivity (Wildman–Crippen MR) is 64.9 cm³/mol. The zero-order valence-corrected chi connectivity index (χ0v) is 11.3. The Balaban J connectivity index is 3.01. The topological polar surface area (TPSA) is 171 Å². The van der Waals surface area contributed by atoms with E-state index >= 15 is 0 Å². The maximum Gasteiger partial charge on any atom is 0.469 e. The van der Waals surface area contributed by atoms with Gasteiger partial charge >= 0.3 is 19.8 Å². The first-order valence-corrected chi connectivity index (χ1v) is 6.99. The highest BCUT2D eigenvalue weighted by atomic mass is 31.2. The standard InChI is InChI=1S/C10H13O10P/c1-4(9(12)13)19-6-2-5(10(14)15)3-7(8(6)11)20-21(16,17)18/h2,6-8,11H,1,3H2,(H,12,13)(H,14,15)(H2,16,17,18)/t6-,7-,8+/m1/s1. The van der Waals surface area contributed by atoms with E-state index in [1.807, 2.05) is 0 Å². The third-order valence-corrected chi connectivity index (χ3v) is 3.11. The Labute approximate surface area is 118 Å². The molecule has 0 aromatic carbocycles. The van der Waals surface area contributed by atoms with E-state index in [1.165, 1.54) is 0 Å². The average molecular weight is 324 g/mol. The number of phosphoric ester groups is 1. The molecule has 118 valence electrons. The summed E-state index contributed by atoms with van der Waals surface area (Å²) >= 11 is 0. The van der Waals surface area contributed by atoms with Gasteiger partial charge in [-0.3, -0.25) is 4.52 Å². The molecular weight excluding hydrogens is 311 g/mol. The van der Waals surface area contributed by atoms with Gasteiger partial charge in [0.25, 0.3) is 0 Å². The zero-order valence-electron chi connectivity index (χ0n) is 10.4. The summed E-state index contributed by atoms with van der Waals surface area (Å²) in [5, 5.41) is 27.4. The van der Waals surface area contributed by atoms with Gasteiger partial charge in [-0.2, -0.15) is 0 Å². The molecule has 0 radical (unpaired) electrons. The van der Waals surface area contributed by atoms with E-state index in [0.29, 0.717) is 0 Å². The highest BCUT2D eigenvalue weighted by Gasteiger charge is 2.40. The number of carboxylic acid groups (broad SMARTS) is 2. The summed E-state index contributed by atoms with van der Waals surface area (Å²) in [6, 6.07) is 0. The summed E-state index contributed by atoms with van der Waals surface area (Å²) in [6.07, 6.45) is -4.29. The van der Waals surface area contributed by atoms with Crippen molar-refractivity contribution >= 4 is 19.8 Å². The molecule has 1 rings (SSSR count). The molecule has 0 aromatic heterocycles. The van der Waals surface area contributed by atoms with Gasteiger partial charge in [-0.25, -0.2) is 14.2 Å². The third kappa shape index (κ3) is 4.96. The smallest absolute Gasteiger partial charge is 0.469 e. The minimum absolute atomic E-state index is 0.345. The third-order valence-electron chi connectivity index (χ3n) is 2.57. The van der Waals surface area contributed by atoms with Crippen LogP contribution in [0.3, 0.4) is 0 Å². The van der Waals surface area contributed by atoms with Crippen molar-refractivity contribution in [1.29, 1.82) is 0 Å². The van der Waals surface area contributed by atoms with Crippen LogP contribution < -0.4 is 0 Å². The van der Waals surface area contributed by atoms with Crippen molar-refractivity contribution in [3.8, 4) is 0 Å². The molecule has 11 heteroatoms. The van der Waals surface area contributed by atoms with Crippen LogP contribution >= 0.6 is 7.82 Å². The Morgan fingerprint density at radius 2 is 1.90 bits per heavy atom. The number of rotatable bonds is 6. The van der Waals surface area contributed by atoms with E-state index < -0.39 is 50.3 Å². The zero-order chi connectivity index (χ0) is 16.4. The molecule has 0 bridgehead atoms. The fourth-order valence-corrected chi connectivity index (χ4v) is 2.22. The molecule has 0 spiro atoms. The first kappa shape index (κ1) is 17.3. The largest absolute Gasteiger partial charge is 0.478 e. The van der Waals surface area contributed by atoms with Crippen LogP contribution in [0.5, 0.6) is 0 Å². The summed E-state index contributed by atoms with van der Waals surface area (Å²) in [4.78, 5) is 39.0. The van der Waals surface area contributed by atoms with Crippen LogP contribution in [-0.4, -0.2) is 55.4 Å². The number of hydrogen-bond acceptors (Lipinski definition) is 6. The minimum atomic E-state index is -4.98. The van der Waals surface area contributed by atoms with Crippen LogP contribution in [-0.2, 0) is 23.4 Å². The quantitative estimate of drug-likeness (QED) is 0.237. The molecule has 0 amide bonds. The molecule has 21 heavy (non-hydrogen) atoms. The van der Waals surface area contributed by atoms with Crippen molar-refractivity contribution in [3.63, 3.8) is 0 Å². The second-order valence-corrected chi connectivity index (χ2v) is 5.33. The van der Waals surface area contributed by atoms with E-state index in [1.54, 1.807) is 0 Å². The van der Waals surface area contributed by atoms with Crippen LogP contribution in [0.2, 0.25) is 0 Å². The molecule has 1 aliphatic rings. The van der Waals surface area contributed by atoms with Gasteiger partial charge in [-0.15, -0.1) is 0 Å². The first-order valence-electron chi connectivity index (χ1n) is 5.46. The van der Waals surface area contributed by atoms with Gasteiger partial charge in [-0.05, 0) is 12.7 Å². The highest BCUT2D eigenvalue weighted by Crippen LogP contribution is 2.41. The molecule has 1 aliphatic carbocycles. The first-order chi connectivity index (χ1) is 9.51. The summed E-state index contributed by atoms with van der Waals surface area (Å²) in [5.74, 6) is -3.72. The summed E-state index contributed by atoms with van der Waals surface area (Å²) in [5.41, 5.74) is -0.345. The molecule has 0 heterocycles. The van der Waals surface area contributed by atoms with E-state index in [-0.39, 0.29) is 5.57 Å². The van der Waals surface area contributed by atoms with Gasteiger partial charge in [0.15, 0.2) is 5.76 Å². The molecule has 0 aliphatic heterocycles. The van der Waals surface area contributed by atoms with Crippen LogP contribution in [0.1, 0.15) is 6.42 Å². The molecular formula is C10H13O10P. The van der Waals surface area contributed by atoms with E-state index in [2.05, 4.69) is 11.1 Å². The molecule has 10 nitrogen and oxygen atoms in total. The summed E-state index contributed by atoms with van der Waals surface area (Å²) in [7, 11) is -4.98. The maximum absolute atomic E-state index is 10.9. The summed E-state index contributed by atoms with van der Waals surface area (Å²) < 4.78 is 19.9. The van der Waals surface area contributed by atoms with Gasteiger partial charge in [0.1, 0.15) is 18.3 Å². The fraction of sp³-hybridized carbons (Fsp3) is 0.400. The van der Waals surface area contributed by atoms with Gasteiger partial charge < -0.3 is 29.8 Å². The number of phosphoric acid groups is 1. The Morgan fingerprint density at radius 1 is 1.33 bits per heavy atom. The molecule has 3 atom stereocenters. The predicted octanol–water partition coefficient (Wildman–Crippen LogP) is -0.777. The van der Waals surface area contributed by atoms with Crippen molar-refractivity contribution < 1.29 is 48.5 Å². The molecule has 0 fully saturated rings. The van der Waals surface area contributed by atoms with E-state index in [0.717, 1.165) is 6.08 Å². The van der Waals surface area contributed by atoms with Crippen molar-refractivity contribution in [2.45, 2.75) is 24.7 Å². The van der Waals surface area contributed by atoms with Crippen molar-refractivity contribution in [2.24, 2.45) is 0 Å². The highest BCUT2D eigenvalue weighted by molar-refractivity contribution is 7.46. The Hall–Kier alpha value is -1.71. The van der Waals surface area contributed by atoms with Crippen molar-refractivity contribution in [1.82, 2.24) is 0 Å². The monoisotopic (exact) mass is 324 g/mol. The summed E-state index contributed by atoms with van der Waals surface area (Å²) in [6.45, 7) is 3.05. The number of ether oxygens (including phenoxy) is 1. The maximum atomic E-state index is 10.9. The van der Waals surface area contributed by atoms with Gasteiger partial charge in [0.05, 0.1) is 0 Å². The Kier molecular flexibility index (Phi) is 5.26. The SMILES string of the molecule is C=C(O[C@@H]1C=C(C(=O)O)C[C@@H](OP(=O)(O)O)[C@H]1O)C(=O)O. The number of aliphatic hydroxyl groups excluding tert-OH is 1. The van der Waals surface area contributed by atoms with Gasteiger partial charge in [-0.1, -0.05) is 0 Å². The number of carboxylic acids is 2. The molecule has 5 N–H and O–H groups in total. The normalized spacial score (nSPS) is 25.9. The molecule has 0 saturated carbocycles. The molecule has 0 aromatic rings. The van der Waals surface area contributed by atoms with Crippen LogP contribution in [0.4, 0.5) is 0 Å². The van der Waals surface area contributed by atoms with Gasteiger partial charge in [0, 0.05) is 12.0 Å². The molecule has 0 saturated heterocycles. The lowest BCUT2D eigenvalue weighted by Gasteiger charge is -2.32. The van der Waals surface area contributed by atoms with Crippen LogP contribution in [0, 0.1) is 0 Å². The number of aliphatic hydroxyl groups is 1. The number of hydrogen-bond donors (Lipinski definition) is 5. The van der Waals surface area contributed by atoms with Gasteiger partial charge in [0.2, 0.25) is 0 Å². The fourth-order valence-electron chi connectivity index (χ4n) is 1.67. The van der Waals surface area contributed by atoms with E-state index in [9.17, 15) is 19.3 Å². The Bertz CT molecular complexity index is 532. The lowest BCUT2D eigenvalue weighted by Crippen LogP contribution is -2.43. The molecule has 0 unspecified atom stereocenters. The number of carbonyl (C=O) groups is 2. The second-order valence-electron chi connectivity index (χ2n) is 4.14. The van der Waals surface area contributed by atoms with Crippen LogP contribution in [0.15, 0.2) is 24.0 Å².